The highest BCUT2D eigenvalue weighted by molar-refractivity contribution is 7.87. The molecule has 4 aromatic rings. The number of rotatable bonds is 4. The van der Waals surface area contributed by atoms with E-state index in [4.69, 9.17) is 0 Å². The Bertz CT molecular complexity index is 1780. The van der Waals surface area contributed by atoms with Gasteiger partial charge in [-0.05, 0) is 57.9 Å². The largest absolute Gasteiger partial charge is 0.416 e. The fourth-order valence-corrected chi connectivity index (χ4v) is 5.59. The quantitative estimate of drug-likeness (QED) is 0.178. The van der Waals surface area contributed by atoms with Gasteiger partial charge in [-0.15, -0.1) is 0 Å². The van der Waals surface area contributed by atoms with Crippen LogP contribution < -0.4 is 0 Å². The van der Waals surface area contributed by atoms with E-state index in [0.29, 0.717) is 24.3 Å². The Hall–Kier alpha value is -3.20. The van der Waals surface area contributed by atoms with Crippen LogP contribution in [0, 0.1) is 0 Å². The van der Waals surface area contributed by atoms with Gasteiger partial charge in [0.1, 0.15) is 9.79 Å². The van der Waals surface area contributed by atoms with Gasteiger partial charge in [-0.1, -0.05) is 24.3 Å². The Balaban J connectivity index is 2.26. The number of benzene rings is 4. The van der Waals surface area contributed by atoms with E-state index in [0.717, 1.165) is 43.5 Å². The summed E-state index contributed by atoms with van der Waals surface area (Å²) in [5.41, 5.74) is -3.19. The third-order valence-corrected chi connectivity index (χ3v) is 7.85. The maximum absolute atomic E-state index is 13.3. The normalized spacial score (nSPS) is 13.4. The maximum Gasteiger partial charge on any atom is 0.416 e. The highest BCUT2D eigenvalue weighted by Gasteiger charge is 2.34. The van der Waals surface area contributed by atoms with E-state index < -0.39 is 64.6 Å². The molecule has 0 bridgehead atoms. The third kappa shape index (κ3) is 4.89. The van der Waals surface area contributed by atoms with Gasteiger partial charge in [-0.3, -0.25) is 8.74 Å². The van der Waals surface area contributed by atoms with Crippen LogP contribution in [0.4, 0.5) is 26.3 Å². The molecule has 0 aliphatic carbocycles. The van der Waals surface area contributed by atoms with Crippen LogP contribution >= 0.6 is 0 Å². The number of hydrogen-bond donors (Lipinski definition) is 1. The Morgan fingerprint density at radius 3 is 1.43 bits per heavy atom. The van der Waals surface area contributed by atoms with Gasteiger partial charge in [0.2, 0.25) is 0 Å². The number of alkyl halides is 6. The van der Waals surface area contributed by atoms with Gasteiger partial charge in [0.15, 0.2) is 0 Å². The minimum absolute atomic E-state index is 0.162. The Kier molecular flexibility index (Phi) is 6.30. The molecular formula is C23H14F6O6S2. The molecule has 0 atom stereocenters. The molecular weight excluding hydrogens is 550 g/mol. The highest BCUT2D eigenvalue weighted by atomic mass is 32.2. The molecule has 196 valence electrons. The molecule has 0 saturated carbocycles. The van der Waals surface area contributed by atoms with E-state index in [1.54, 1.807) is 0 Å². The summed E-state index contributed by atoms with van der Waals surface area (Å²) < 4.78 is 144. The van der Waals surface area contributed by atoms with Crippen LogP contribution in [0.25, 0.3) is 32.7 Å². The zero-order chi connectivity index (χ0) is 27.6. The summed E-state index contributed by atoms with van der Waals surface area (Å²) in [6.45, 7) is 0. The molecule has 0 aromatic heterocycles. The molecule has 0 saturated heterocycles. The molecule has 0 amide bonds. The van der Waals surface area contributed by atoms with Crippen LogP contribution in [0.3, 0.4) is 0 Å². The molecule has 4 rings (SSSR count). The summed E-state index contributed by atoms with van der Waals surface area (Å²) in [6, 6.07) is 8.10. The van der Waals surface area contributed by atoms with Crippen molar-refractivity contribution >= 4 is 41.8 Å². The molecule has 0 spiro atoms. The summed E-state index contributed by atoms with van der Waals surface area (Å²) in [5, 5.41) is -0.751. The molecule has 14 heteroatoms. The lowest BCUT2D eigenvalue weighted by Crippen LogP contribution is -2.09. The smallest absolute Gasteiger partial charge is 0.282 e. The second-order valence-corrected chi connectivity index (χ2v) is 10.9. The summed E-state index contributed by atoms with van der Waals surface area (Å²) >= 11 is 0. The predicted octanol–water partition coefficient (Wildman–Crippen LogP) is 6.28. The van der Waals surface area contributed by atoms with E-state index in [9.17, 15) is 47.7 Å². The van der Waals surface area contributed by atoms with Gasteiger partial charge in [0.05, 0.1) is 18.2 Å². The minimum Gasteiger partial charge on any atom is -0.282 e. The Morgan fingerprint density at radius 1 is 0.649 bits per heavy atom. The van der Waals surface area contributed by atoms with Crippen molar-refractivity contribution in [3.63, 3.8) is 0 Å². The van der Waals surface area contributed by atoms with Gasteiger partial charge in [0, 0.05) is 11.1 Å². The molecule has 0 aliphatic heterocycles. The molecule has 0 fully saturated rings. The van der Waals surface area contributed by atoms with Gasteiger partial charge in [-0.25, -0.2) is 0 Å². The zero-order valence-electron chi connectivity index (χ0n) is 18.3. The second-order valence-electron chi connectivity index (χ2n) is 7.84. The van der Waals surface area contributed by atoms with Crippen LogP contribution in [0.2, 0.25) is 0 Å². The van der Waals surface area contributed by atoms with E-state index in [1.807, 2.05) is 0 Å². The van der Waals surface area contributed by atoms with Crippen LogP contribution in [0.5, 0.6) is 0 Å². The Morgan fingerprint density at radius 2 is 1.05 bits per heavy atom. The van der Waals surface area contributed by atoms with Crippen LogP contribution in [0.15, 0.2) is 70.5 Å². The topological polar surface area (TPSA) is 97.7 Å². The predicted molar refractivity (Wildman–Crippen MR) is 121 cm³/mol. The number of fused-ring (bicyclic) bond motifs is 2. The molecule has 4 aromatic carbocycles. The molecule has 0 unspecified atom stereocenters. The number of hydrogen-bond acceptors (Lipinski definition) is 5. The van der Waals surface area contributed by atoms with Crippen LogP contribution in [0.1, 0.15) is 11.1 Å². The molecule has 0 aliphatic rings. The van der Waals surface area contributed by atoms with Gasteiger partial charge >= 0.3 is 12.4 Å². The van der Waals surface area contributed by atoms with Crippen molar-refractivity contribution in [1.82, 2.24) is 0 Å². The first-order valence-electron chi connectivity index (χ1n) is 10.0. The fourth-order valence-electron chi connectivity index (χ4n) is 4.00. The lowest BCUT2D eigenvalue weighted by molar-refractivity contribution is -0.138. The Labute approximate surface area is 206 Å². The van der Waals surface area contributed by atoms with Crippen molar-refractivity contribution in [1.29, 1.82) is 0 Å². The second kappa shape index (κ2) is 8.68. The first kappa shape index (κ1) is 26.9. The first-order chi connectivity index (χ1) is 16.9. The van der Waals surface area contributed by atoms with Crippen molar-refractivity contribution in [2.75, 3.05) is 7.11 Å². The lowest BCUT2D eigenvalue weighted by atomic mass is 9.92. The summed E-state index contributed by atoms with van der Waals surface area (Å²) in [6.07, 6.45) is -9.53. The lowest BCUT2D eigenvalue weighted by Gasteiger charge is -2.19. The van der Waals surface area contributed by atoms with Crippen LogP contribution in [-0.2, 0) is 36.8 Å². The van der Waals surface area contributed by atoms with Crippen molar-refractivity contribution in [2.24, 2.45) is 0 Å². The molecule has 6 nitrogen and oxygen atoms in total. The summed E-state index contributed by atoms with van der Waals surface area (Å²) in [4.78, 5) is -1.56. The third-order valence-electron chi connectivity index (χ3n) is 5.63. The van der Waals surface area contributed by atoms with Gasteiger partial charge < -0.3 is 0 Å². The van der Waals surface area contributed by atoms with E-state index in [1.165, 1.54) is 0 Å². The monoisotopic (exact) mass is 564 g/mol. The zero-order valence-corrected chi connectivity index (χ0v) is 20.0. The van der Waals surface area contributed by atoms with Gasteiger partial charge in [0.25, 0.3) is 20.2 Å². The van der Waals surface area contributed by atoms with Crippen molar-refractivity contribution in [2.45, 2.75) is 22.1 Å². The average Bonchev–Trinajstić information content (AvgIpc) is 2.80. The molecule has 0 radical (unpaired) electrons. The molecule has 37 heavy (non-hydrogen) atoms. The van der Waals surface area contributed by atoms with Gasteiger partial charge in [-0.2, -0.15) is 43.2 Å². The molecule has 0 heterocycles. The van der Waals surface area contributed by atoms with Crippen molar-refractivity contribution in [3.8, 4) is 11.1 Å². The van der Waals surface area contributed by atoms with E-state index in [2.05, 4.69) is 4.18 Å². The standard InChI is InChI=1S/C23H14F6O6S2/c1-35-37(33,34)19-9-3-13-11-15(23(27,28)29)5-7-17(13)21(19)20-16-6-4-14(22(24,25)26)10-12(16)2-8-18(20)36(30,31)32/h2-11H,1H3,(H,30,31,32). The first-order valence-corrected chi connectivity index (χ1v) is 12.9. The van der Waals surface area contributed by atoms with Crippen molar-refractivity contribution < 1.29 is 51.9 Å². The number of halogens is 6. The summed E-state index contributed by atoms with van der Waals surface area (Å²) in [5.74, 6) is 0. The minimum atomic E-state index is -5.12. The summed E-state index contributed by atoms with van der Waals surface area (Å²) in [7, 11) is -8.98. The molecule has 1 N–H and O–H groups in total. The van der Waals surface area contributed by atoms with E-state index in [-0.39, 0.29) is 21.5 Å². The fraction of sp³-hybridized carbons (Fsp3) is 0.130. The van der Waals surface area contributed by atoms with Crippen LogP contribution in [-0.4, -0.2) is 28.5 Å². The van der Waals surface area contributed by atoms with Crippen molar-refractivity contribution in [3.05, 3.63) is 71.8 Å². The van der Waals surface area contributed by atoms with E-state index >= 15 is 0 Å². The maximum atomic E-state index is 13.3. The average molecular weight is 564 g/mol. The highest BCUT2D eigenvalue weighted by Crippen LogP contribution is 2.44. The SMILES string of the molecule is COS(=O)(=O)c1ccc2cc(C(F)(F)F)ccc2c1-c1c(S(=O)(=O)O)ccc2cc(C(F)(F)F)ccc12.